The molecule has 0 heterocycles. The van der Waals surface area contributed by atoms with Crippen LogP contribution in [0.25, 0.3) is 0 Å². The largest absolute Gasteiger partial charge is 0.384 e. The summed E-state index contributed by atoms with van der Waals surface area (Å²) in [5.41, 5.74) is -0.684. The maximum absolute atomic E-state index is 12.3. The number of nitriles is 1. The highest BCUT2D eigenvalue weighted by Gasteiger charge is 2.27. The average molecular weight is 316 g/mol. The van der Waals surface area contributed by atoms with Gasteiger partial charge in [0.25, 0.3) is 0 Å². The Hall–Kier alpha value is -2.20. The standard InChI is InChI=1S/C16H16N2O3S/c1-16(19,14-8-3-2-4-9-14)12-18-22(20,21)15-10-6-5-7-13(15)11-17/h2-10,18-19H,12H2,1H3. The summed E-state index contributed by atoms with van der Waals surface area (Å²) in [6.07, 6.45) is 0. The van der Waals surface area contributed by atoms with Gasteiger partial charge in [0.1, 0.15) is 11.7 Å². The SMILES string of the molecule is CC(O)(CNS(=O)(=O)c1ccccc1C#N)c1ccccc1. The molecule has 0 aromatic heterocycles. The lowest BCUT2D eigenvalue weighted by Crippen LogP contribution is -2.38. The molecule has 0 aliphatic rings. The van der Waals surface area contributed by atoms with Gasteiger partial charge < -0.3 is 5.11 Å². The van der Waals surface area contributed by atoms with E-state index >= 15 is 0 Å². The molecule has 0 saturated carbocycles. The molecule has 0 bridgehead atoms. The normalized spacial score (nSPS) is 14.0. The van der Waals surface area contributed by atoms with E-state index in [1.54, 1.807) is 36.4 Å². The smallest absolute Gasteiger partial charge is 0.241 e. The summed E-state index contributed by atoms with van der Waals surface area (Å²) in [7, 11) is -3.88. The molecule has 2 rings (SSSR count). The summed E-state index contributed by atoms with van der Waals surface area (Å²) in [5.74, 6) is 0. The molecular formula is C16H16N2O3S. The van der Waals surface area contributed by atoms with E-state index in [0.717, 1.165) is 0 Å². The van der Waals surface area contributed by atoms with E-state index in [9.17, 15) is 13.5 Å². The van der Waals surface area contributed by atoms with E-state index in [0.29, 0.717) is 5.56 Å². The number of benzene rings is 2. The van der Waals surface area contributed by atoms with Crippen molar-refractivity contribution in [2.75, 3.05) is 6.54 Å². The minimum Gasteiger partial charge on any atom is -0.384 e. The van der Waals surface area contributed by atoms with E-state index in [1.807, 2.05) is 12.1 Å². The molecule has 2 N–H and O–H groups in total. The van der Waals surface area contributed by atoms with Gasteiger partial charge in [0.05, 0.1) is 10.5 Å². The first-order valence-electron chi connectivity index (χ1n) is 6.63. The molecule has 2 aromatic rings. The molecule has 1 atom stereocenters. The lowest BCUT2D eigenvalue weighted by molar-refractivity contribution is 0.0627. The van der Waals surface area contributed by atoms with Gasteiger partial charge in [-0.05, 0) is 24.6 Å². The molecule has 0 amide bonds. The molecule has 0 aliphatic carbocycles. The van der Waals surface area contributed by atoms with Crippen molar-refractivity contribution in [1.29, 1.82) is 5.26 Å². The van der Waals surface area contributed by atoms with Crippen molar-refractivity contribution >= 4 is 10.0 Å². The topological polar surface area (TPSA) is 90.2 Å². The van der Waals surface area contributed by atoms with Crippen molar-refractivity contribution in [3.8, 4) is 6.07 Å². The van der Waals surface area contributed by atoms with Crippen LogP contribution < -0.4 is 4.72 Å². The quantitative estimate of drug-likeness (QED) is 0.879. The summed E-state index contributed by atoms with van der Waals surface area (Å²) in [6.45, 7) is 1.33. The second kappa shape index (κ2) is 6.28. The van der Waals surface area contributed by atoms with E-state index in [2.05, 4.69) is 4.72 Å². The van der Waals surface area contributed by atoms with E-state index in [-0.39, 0.29) is 17.0 Å². The minimum absolute atomic E-state index is 0.0642. The van der Waals surface area contributed by atoms with Crippen LogP contribution in [0.1, 0.15) is 18.1 Å². The first-order valence-corrected chi connectivity index (χ1v) is 8.12. The van der Waals surface area contributed by atoms with Gasteiger partial charge in [0.15, 0.2) is 0 Å². The molecular weight excluding hydrogens is 300 g/mol. The molecule has 0 spiro atoms. The predicted octanol–water partition coefficient (Wildman–Crippen LogP) is 1.74. The Balaban J connectivity index is 2.22. The molecule has 0 fully saturated rings. The van der Waals surface area contributed by atoms with Gasteiger partial charge >= 0.3 is 0 Å². The molecule has 1 unspecified atom stereocenters. The van der Waals surface area contributed by atoms with Crippen LogP contribution >= 0.6 is 0 Å². The maximum atomic E-state index is 12.3. The molecule has 5 nitrogen and oxygen atoms in total. The molecule has 22 heavy (non-hydrogen) atoms. The fourth-order valence-electron chi connectivity index (χ4n) is 2.01. The van der Waals surface area contributed by atoms with Crippen molar-refractivity contribution in [2.45, 2.75) is 17.4 Å². The van der Waals surface area contributed by atoms with Gasteiger partial charge in [-0.1, -0.05) is 42.5 Å². The zero-order valence-electron chi connectivity index (χ0n) is 12.0. The van der Waals surface area contributed by atoms with Crippen molar-refractivity contribution in [3.63, 3.8) is 0 Å². The average Bonchev–Trinajstić information content (AvgIpc) is 2.54. The molecule has 2 aromatic carbocycles. The Kier molecular flexibility index (Phi) is 4.62. The van der Waals surface area contributed by atoms with E-state index in [1.165, 1.54) is 19.1 Å². The second-order valence-corrected chi connectivity index (χ2v) is 6.81. The van der Waals surface area contributed by atoms with Crippen molar-refractivity contribution < 1.29 is 13.5 Å². The van der Waals surface area contributed by atoms with Crippen LogP contribution in [0, 0.1) is 11.3 Å². The fourth-order valence-corrected chi connectivity index (χ4v) is 3.29. The van der Waals surface area contributed by atoms with Crippen LogP contribution in [0.2, 0.25) is 0 Å². The second-order valence-electron chi connectivity index (χ2n) is 5.07. The van der Waals surface area contributed by atoms with Gasteiger partial charge in [-0.25, -0.2) is 13.1 Å². The lowest BCUT2D eigenvalue weighted by atomic mass is 9.97. The predicted molar refractivity (Wildman–Crippen MR) is 82.4 cm³/mol. The number of hydrogen-bond acceptors (Lipinski definition) is 4. The summed E-state index contributed by atoms with van der Waals surface area (Å²) in [4.78, 5) is -0.0960. The van der Waals surface area contributed by atoms with E-state index in [4.69, 9.17) is 5.26 Å². The van der Waals surface area contributed by atoms with Crippen molar-refractivity contribution in [3.05, 3.63) is 65.7 Å². The minimum atomic E-state index is -3.88. The number of nitrogens with one attached hydrogen (secondary N) is 1. The Morgan fingerprint density at radius 1 is 1.14 bits per heavy atom. The highest BCUT2D eigenvalue weighted by Crippen LogP contribution is 2.21. The molecule has 114 valence electrons. The first kappa shape index (κ1) is 16.2. The number of aliphatic hydroxyl groups is 1. The van der Waals surface area contributed by atoms with Crippen molar-refractivity contribution in [1.82, 2.24) is 4.72 Å². The highest BCUT2D eigenvalue weighted by molar-refractivity contribution is 7.89. The van der Waals surface area contributed by atoms with E-state index < -0.39 is 15.6 Å². The Labute approximate surface area is 129 Å². The third-order valence-electron chi connectivity index (χ3n) is 3.30. The Bertz CT molecular complexity index is 794. The zero-order valence-corrected chi connectivity index (χ0v) is 12.8. The van der Waals surface area contributed by atoms with Crippen LogP contribution in [-0.2, 0) is 15.6 Å². The number of rotatable bonds is 5. The molecule has 0 radical (unpaired) electrons. The monoisotopic (exact) mass is 316 g/mol. The lowest BCUT2D eigenvalue weighted by Gasteiger charge is -2.24. The third-order valence-corrected chi connectivity index (χ3v) is 4.76. The van der Waals surface area contributed by atoms with Crippen LogP contribution in [-0.4, -0.2) is 20.1 Å². The zero-order chi connectivity index (χ0) is 16.2. The number of sulfonamides is 1. The van der Waals surface area contributed by atoms with Gasteiger partial charge in [-0.15, -0.1) is 0 Å². The fraction of sp³-hybridized carbons (Fsp3) is 0.188. The first-order chi connectivity index (χ1) is 10.4. The summed E-state index contributed by atoms with van der Waals surface area (Å²) in [6, 6.07) is 16.6. The van der Waals surface area contributed by atoms with Gasteiger partial charge in [0, 0.05) is 6.54 Å². The number of nitrogens with zero attached hydrogens (tertiary/aromatic N) is 1. The van der Waals surface area contributed by atoms with Crippen LogP contribution in [0.3, 0.4) is 0 Å². The Morgan fingerprint density at radius 2 is 1.73 bits per heavy atom. The summed E-state index contributed by atoms with van der Waals surface area (Å²) in [5, 5.41) is 19.4. The maximum Gasteiger partial charge on any atom is 0.241 e. The van der Waals surface area contributed by atoms with Crippen LogP contribution in [0.15, 0.2) is 59.5 Å². The molecule has 0 aliphatic heterocycles. The van der Waals surface area contributed by atoms with Crippen LogP contribution in [0.5, 0.6) is 0 Å². The molecule has 6 heteroatoms. The summed E-state index contributed by atoms with van der Waals surface area (Å²) < 4.78 is 27.0. The highest BCUT2D eigenvalue weighted by atomic mass is 32.2. The Morgan fingerprint density at radius 3 is 2.36 bits per heavy atom. The van der Waals surface area contributed by atoms with Gasteiger partial charge in [-0.2, -0.15) is 5.26 Å². The van der Waals surface area contributed by atoms with Crippen LogP contribution in [0.4, 0.5) is 0 Å². The van der Waals surface area contributed by atoms with Crippen molar-refractivity contribution in [2.24, 2.45) is 0 Å². The number of hydrogen-bond donors (Lipinski definition) is 2. The third kappa shape index (κ3) is 3.52. The summed E-state index contributed by atoms with van der Waals surface area (Å²) >= 11 is 0. The van der Waals surface area contributed by atoms with Gasteiger partial charge in [0.2, 0.25) is 10.0 Å². The molecule has 0 saturated heterocycles. The van der Waals surface area contributed by atoms with Gasteiger partial charge in [-0.3, -0.25) is 0 Å².